The Morgan fingerprint density at radius 1 is 1.28 bits per heavy atom. The molecule has 0 aliphatic heterocycles. The van der Waals surface area contributed by atoms with Crippen molar-refractivity contribution in [2.45, 2.75) is 6.92 Å². The second-order valence-electron chi connectivity index (χ2n) is 3.64. The van der Waals surface area contributed by atoms with Gasteiger partial charge in [0, 0.05) is 17.4 Å². The van der Waals surface area contributed by atoms with Gasteiger partial charge in [-0.2, -0.15) is 4.98 Å². The predicted octanol–water partition coefficient (Wildman–Crippen LogP) is 3.56. The molecule has 0 saturated heterocycles. The molecule has 0 unspecified atom stereocenters. The first-order valence-electron chi connectivity index (χ1n) is 4.98. The normalized spacial score (nSPS) is 10.4. The molecule has 0 saturated carbocycles. The maximum Gasteiger partial charge on any atom is 0.221 e. The zero-order valence-electron chi connectivity index (χ0n) is 9.34. The van der Waals surface area contributed by atoms with Crippen molar-refractivity contribution >= 4 is 40.7 Å². The number of anilines is 3. The Bertz CT molecular complexity index is 581. The molecule has 1 aromatic carbocycles. The number of nitrogens with two attached hydrogens (primary N) is 1. The summed E-state index contributed by atoms with van der Waals surface area (Å²) in [5.41, 5.74) is 6.80. The Labute approximate surface area is 113 Å². The molecule has 0 amide bonds. The molecule has 7 heteroatoms. The molecular weight excluding hydrogens is 278 g/mol. The molecule has 0 spiro atoms. The van der Waals surface area contributed by atoms with Crippen LogP contribution in [0.5, 0.6) is 0 Å². The van der Waals surface area contributed by atoms with Gasteiger partial charge in [0.2, 0.25) is 5.95 Å². The number of nitrogens with one attached hydrogen (secondary N) is 1. The van der Waals surface area contributed by atoms with Crippen molar-refractivity contribution in [2.24, 2.45) is 0 Å². The highest BCUT2D eigenvalue weighted by atomic mass is 35.5. The third-order valence-electron chi connectivity index (χ3n) is 2.24. The van der Waals surface area contributed by atoms with Crippen molar-refractivity contribution in [3.8, 4) is 0 Å². The molecule has 4 nitrogen and oxygen atoms in total. The van der Waals surface area contributed by atoms with E-state index in [-0.39, 0.29) is 16.0 Å². The van der Waals surface area contributed by atoms with Crippen LogP contribution in [0.1, 0.15) is 5.56 Å². The average molecular weight is 287 g/mol. The number of benzene rings is 1. The van der Waals surface area contributed by atoms with Crippen LogP contribution in [0.3, 0.4) is 0 Å². The van der Waals surface area contributed by atoms with Gasteiger partial charge in [0.05, 0.1) is 10.0 Å². The number of aromatic nitrogens is 2. The van der Waals surface area contributed by atoms with Crippen LogP contribution in [-0.2, 0) is 0 Å². The van der Waals surface area contributed by atoms with Crippen LogP contribution >= 0.6 is 23.2 Å². The van der Waals surface area contributed by atoms with Gasteiger partial charge in [0.25, 0.3) is 0 Å². The van der Waals surface area contributed by atoms with Gasteiger partial charge in [-0.05, 0) is 19.1 Å². The third-order valence-corrected chi connectivity index (χ3v) is 2.79. The van der Waals surface area contributed by atoms with E-state index in [1.54, 1.807) is 6.20 Å². The lowest BCUT2D eigenvalue weighted by atomic mass is 10.3. The largest absolute Gasteiger partial charge is 0.368 e. The number of halogens is 3. The summed E-state index contributed by atoms with van der Waals surface area (Å²) in [7, 11) is 0. The SMILES string of the molecule is Cc1cnc(N)nc1Nc1cc(Cl)c(F)c(Cl)c1. The summed E-state index contributed by atoms with van der Waals surface area (Å²) in [6, 6.07) is 2.83. The van der Waals surface area contributed by atoms with Crippen molar-refractivity contribution < 1.29 is 4.39 Å². The summed E-state index contributed by atoms with van der Waals surface area (Å²) in [6.45, 7) is 1.81. The maximum absolute atomic E-state index is 13.3. The molecule has 2 rings (SSSR count). The summed E-state index contributed by atoms with van der Waals surface area (Å²) in [5, 5.41) is 2.83. The van der Waals surface area contributed by atoms with Crippen molar-refractivity contribution in [1.29, 1.82) is 0 Å². The van der Waals surface area contributed by atoms with E-state index in [2.05, 4.69) is 15.3 Å². The van der Waals surface area contributed by atoms with Crippen LogP contribution < -0.4 is 11.1 Å². The zero-order chi connectivity index (χ0) is 13.3. The van der Waals surface area contributed by atoms with E-state index in [0.29, 0.717) is 11.5 Å². The highest BCUT2D eigenvalue weighted by molar-refractivity contribution is 6.35. The summed E-state index contributed by atoms with van der Waals surface area (Å²) in [6.07, 6.45) is 1.58. The lowest BCUT2D eigenvalue weighted by Gasteiger charge is -2.10. The van der Waals surface area contributed by atoms with Crippen molar-refractivity contribution in [3.63, 3.8) is 0 Å². The Hall–Kier alpha value is -1.59. The number of nitrogens with zero attached hydrogens (tertiary/aromatic N) is 2. The van der Waals surface area contributed by atoms with E-state index >= 15 is 0 Å². The number of aryl methyl sites for hydroxylation is 1. The fourth-order valence-corrected chi connectivity index (χ4v) is 1.83. The monoisotopic (exact) mass is 286 g/mol. The quantitative estimate of drug-likeness (QED) is 0.829. The van der Waals surface area contributed by atoms with E-state index in [1.807, 2.05) is 6.92 Å². The molecule has 0 bridgehead atoms. The molecule has 0 aliphatic rings. The minimum Gasteiger partial charge on any atom is -0.368 e. The molecule has 0 aliphatic carbocycles. The maximum atomic E-state index is 13.3. The number of hydrogen-bond donors (Lipinski definition) is 2. The summed E-state index contributed by atoms with van der Waals surface area (Å²) < 4.78 is 13.3. The van der Waals surface area contributed by atoms with Gasteiger partial charge in [-0.15, -0.1) is 0 Å². The van der Waals surface area contributed by atoms with E-state index in [0.717, 1.165) is 5.56 Å². The van der Waals surface area contributed by atoms with E-state index in [4.69, 9.17) is 28.9 Å². The van der Waals surface area contributed by atoms with Gasteiger partial charge in [-0.3, -0.25) is 0 Å². The fourth-order valence-electron chi connectivity index (χ4n) is 1.35. The summed E-state index contributed by atoms with van der Waals surface area (Å²) in [4.78, 5) is 7.87. The highest BCUT2D eigenvalue weighted by Crippen LogP contribution is 2.29. The summed E-state index contributed by atoms with van der Waals surface area (Å²) >= 11 is 11.4. The molecule has 2 aromatic rings. The number of nitrogen functional groups attached to an aromatic ring is 1. The Kier molecular flexibility index (Phi) is 3.54. The van der Waals surface area contributed by atoms with Gasteiger partial charge in [0.1, 0.15) is 5.82 Å². The predicted molar refractivity (Wildman–Crippen MR) is 70.9 cm³/mol. The Morgan fingerprint density at radius 3 is 2.50 bits per heavy atom. The van der Waals surface area contributed by atoms with E-state index in [9.17, 15) is 4.39 Å². The molecule has 94 valence electrons. The smallest absolute Gasteiger partial charge is 0.221 e. The lowest BCUT2D eigenvalue weighted by molar-refractivity contribution is 0.629. The van der Waals surface area contributed by atoms with Crippen LogP contribution in [0.4, 0.5) is 21.8 Å². The van der Waals surface area contributed by atoms with Crippen LogP contribution in [-0.4, -0.2) is 9.97 Å². The summed E-state index contributed by atoms with van der Waals surface area (Å²) in [5.74, 6) is 0.00598. The van der Waals surface area contributed by atoms with Crippen LogP contribution in [0, 0.1) is 12.7 Å². The van der Waals surface area contributed by atoms with Crippen LogP contribution in [0.15, 0.2) is 18.3 Å². The highest BCUT2D eigenvalue weighted by Gasteiger charge is 2.09. The molecule has 3 N–H and O–H groups in total. The number of rotatable bonds is 2. The first kappa shape index (κ1) is 12.9. The molecule has 1 heterocycles. The lowest BCUT2D eigenvalue weighted by Crippen LogP contribution is -2.02. The van der Waals surface area contributed by atoms with Gasteiger partial charge in [0.15, 0.2) is 5.82 Å². The Balaban J connectivity index is 2.37. The van der Waals surface area contributed by atoms with Crippen LogP contribution in [0.2, 0.25) is 10.0 Å². The van der Waals surface area contributed by atoms with Gasteiger partial charge < -0.3 is 11.1 Å². The molecule has 0 atom stereocenters. The van der Waals surface area contributed by atoms with Crippen molar-refractivity contribution in [2.75, 3.05) is 11.1 Å². The molecule has 0 fully saturated rings. The van der Waals surface area contributed by atoms with E-state index in [1.165, 1.54) is 12.1 Å². The fraction of sp³-hybridized carbons (Fsp3) is 0.0909. The molecule has 18 heavy (non-hydrogen) atoms. The molecule has 1 aromatic heterocycles. The first-order valence-corrected chi connectivity index (χ1v) is 5.73. The zero-order valence-corrected chi connectivity index (χ0v) is 10.8. The first-order chi connectivity index (χ1) is 8.47. The van der Waals surface area contributed by atoms with Crippen LogP contribution in [0.25, 0.3) is 0 Å². The third kappa shape index (κ3) is 2.63. The molecular formula is C11H9Cl2FN4. The second kappa shape index (κ2) is 4.96. The standard InChI is InChI=1S/C11H9Cl2FN4/c1-5-4-16-11(15)18-10(5)17-6-2-7(12)9(14)8(13)3-6/h2-4H,1H3,(H3,15,16,17,18). The molecule has 0 radical (unpaired) electrons. The van der Waals surface area contributed by atoms with Gasteiger partial charge in [-0.25, -0.2) is 9.37 Å². The average Bonchev–Trinajstić information content (AvgIpc) is 2.31. The van der Waals surface area contributed by atoms with Gasteiger partial charge >= 0.3 is 0 Å². The minimum absolute atomic E-state index is 0.0651. The van der Waals surface area contributed by atoms with E-state index < -0.39 is 5.82 Å². The topological polar surface area (TPSA) is 63.8 Å². The van der Waals surface area contributed by atoms with Gasteiger partial charge in [-0.1, -0.05) is 23.2 Å². The Morgan fingerprint density at radius 2 is 1.89 bits per heavy atom. The second-order valence-corrected chi connectivity index (χ2v) is 4.45. The minimum atomic E-state index is -0.650. The van der Waals surface area contributed by atoms with Crippen molar-refractivity contribution in [3.05, 3.63) is 39.8 Å². The number of hydrogen-bond acceptors (Lipinski definition) is 4. The van der Waals surface area contributed by atoms with Crippen molar-refractivity contribution in [1.82, 2.24) is 9.97 Å².